The lowest BCUT2D eigenvalue weighted by Gasteiger charge is -2.56. The summed E-state index contributed by atoms with van der Waals surface area (Å²) in [4.78, 5) is 12.6. The highest BCUT2D eigenvalue weighted by atomic mass is 16.3. The molecule has 36 heavy (non-hydrogen) atoms. The van der Waals surface area contributed by atoms with Gasteiger partial charge in [-0.2, -0.15) is 0 Å². The maximum Gasteiger partial charge on any atom is 0.0624 e. The SMILES string of the molecule is CC(C)CCC[C@@H](C)[C@H]1CC[C@@]23CC2(CN=[N+]=[N-])[C@@H]([C@@]2(C)Cc4nccnc4C[C@@H]2CO)CC[C@]13C. The second kappa shape index (κ2) is 9.27. The smallest absolute Gasteiger partial charge is 0.0624 e. The standard InChI is InChI=1S/C30H47N5O/c1-20(2)7-6-8-21(3)23-9-12-30-18-29(30,19-34-35-31)26(10-11-28(23,30)5)27(4)16-25-24(15-22(27)17-36)32-13-14-33-25/h13-14,20-23,26,36H,6-12,15-19H2,1-5H3/t21-,22-,23-,26-,27+,28-,29?,30+/m1/s1. The minimum atomic E-state index is -0.0610. The molecule has 1 N–H and O–H groups in total. The van der Waals surface area contributed by atoms with Gasteiger partial charge in [0.25, 0.3) is 0 Å². The number of hydrogen-bond acceptors (Lipinski definition) is 4. The minimum absolute atomic E-state index is 0.0561. The summed E-state index contributed by atoms with van der Waals surface area (Å²) < 4.78 is 0. The Hall–Kier alpha value is -1.65. The van der Waals surface area contributed by atoms with E-state index in [0.717, 1.165) is 48.4 Å². The molecule has 0 amide bonds. The summed E-state index contributed by atoms with van der Waals surface area (Å²) >= 11 is 0. The molecule has 4 aliphatic carbocycles. The van der Waals surface area contributed by atoms with E-state index >= 15 is 0 Å². The fourth-order valence-electron chi connectivity index (χ4n) is 10.3. The number of azide groups is 1. The molecular formula is C30H47N5O. The summed E-state index contributed by atoms with van der Waals surface area (Å²) in [7, 11) is 0. The van der Waals surface area contributed by atoms with Crippen molar-refractivity contribution >= 4 is 0 Å². The first kappa shape index (κ1) is 26.0. The predicted molar refractivity (Wildman–Crippen MR) is 143 cm³/mol. The van der Waals surface area contributed by atoms with E-state index < -0.39 is 0 Å². The molecule has 3 fully saturated rings. The quantitative estimate of drug-likeness (QED) is 0.224. The molecule has 6 nitrogen and oxygen atoms in total. The third-order valence-corrected chi connectivity index (χ3v) is 12.2. The topological polar surface area (TPSA) is 94.8 Å². The van der Waals surface area contributed by atoms with Crippen molar-refractivity contribution in [2.45, 2.75) is 98.8 Å². The normalized spacial score (nSPS) is 41.7. The lowest BCUT2D eigenvalue weighted by atomic mass is 9.48. The Morgan fingerprint density at radius 2 is 1.86 bits per heavy atom. The van der Waals surface area contributed by atoms with Crippen LogP contribution >= 0.6 is 0 Å². The lowest BCUT2D eigenvalue weighted by Crippen LogP contribution is -2.53. The predicted octanol–water partition coefficient (Wildman–Crippen LogP) is 7.17. The van der Waals surface area contributed by atoms with Gasteiger partial charge in [-0.1, -0.05) is 59.0 Å². The molecule has 1 aromatic heterocycles. The van der Waals surface area contributed by atoms with Gasteiger partial charge in [-0.05, 0) is 102 Å². The Kier molecular flexibility index (Phi) is 6.69. The van der Waals surface area contributed by atoms with Crippen LogP contribution in [0.3, 0.4) is 0 Å². The molecule has 198 valence electrons. The van der Waals surface area contributed by atoms with Gasteiger partial charge in [0, 0.05) is 30.5 Å². The summed E-state index contributed by atoms with van der Waals surface area (Å²) in [5.41, 5.74) is 12.2. The maximum atomic E-state index is 10.6. The van der Waals surface area contributed by atoms with Crippen LogP contribution in [0.2, 0.25) is 0 Å². The van der Waals surface area contributed by atoms with Crippen molar-refractivity contribution in [3.05, 3.63) is 34.2 Å². The van der Waals surface area contributed by atoms with Crippen LogP contribution in [0.15, 0.2) is 17.5 Å². The van der Waals surface area contributed by atoms with E-state index in [2.05, 4.69) is 49.6 Å². The van der Waals surface area contributed by atoms with Crippen molar-refractivity contribution in [1.29, 1.82) is 0 Å². The van der Waals surface area contributed by atoms with Crippen LogP contribution < -0.4 is 0 Å². The highest BCUT2D eigenvalue weighted by Gasteiger charge is 2.82. The van der Waals surface area contributed by atoms with Crippen LogP contribution in [0.25, 0.3) is 10.4 Å². The van der Waals surface area contributed by atoms with Crippen molar-refractivity contribution in [2.24, 2.45) is 56.4 Å². The number of aromatic nitrogens is 2. The van der Waals surface area contributed by atoms with Crippen molar-refractivity contribution in [1.82, 2.24) is 9.97 Å². The number of nitrogens with zero attached hydrogens (tertiary/aromatic N) is 5. The highest BCUT2D eigenvalue weighted by Crippen LogP contribution is 2.88. The molecule has 0 aromatic carbocycles. The Morgan fingerprint density at radius 1 is 1.11 bits per heavy atom. The fraction of sp³-hybridized carbons (Fsp3) is 0.867. The number of rotatable bonds is 9. The maximum absolute atomic E-state index is 10.6. The number of hydrogen-bond donors (Lipinski definition) is 1. The summed E-state index contributed by atoms with van der Waals surface area (Å²) in [6.45, 7) is 13.0. The molecule has 1 spiro atoms. The molecule has 4 aliphatic rings. The van der Waals surface area contributed by atoms with Gasteiger partial charge < -0.3 is 5.11 Å². The number of fused-ring (bicyclic) bond motifs is 1. The van der Waals surface area contributed by atoms with Gasteiger partial charge in [0.2, 0.25) is 0 Å². The van der Waals surface area contributed by atoms with Crippen molar-refractivity contribution < 1.29 is 5.11 Å². The molecule has 8 atom stereocenters. The van der Waals surface area contributed by atoms with E-state index in [9.17, 15) is 10.6 Å². The van der Waals surface area contributed by atoms with Crippen LogP contribution in [0.4, 0.5) is 0 Å². The van der Waals surface area contributed by atoms with Crippen molar-refractivity contribution in [2.75, 3.05) is 13.2 Å². The highest BCUT2D eigenvalue weighted by molar-refractivity contribution is 5.32. The average Bonchev–Trinajstić information content (AvgIpc) is 3.43. The molecular weight excluding hydrogens is 446 g/mol. The third-order valence-electron chi connectivity index (χ3n) is 12.2. The fourth-order valence-corrected chi connectivity index (χ4v) is 10.3. The lowest BCUT2D eigenvalue weighted by molar-refractivity contribution is -0.0768. The Labute approximate surface area is 217 Å². The zero-order chi connectivity index (χ0) is 25.8. The molecule has 0 saturated heterocycles. The van der Waals surface area contributed by atoms with Gasteiger partial charge >= 0.3 is 0 Å². The van der Waals surface area contributed by atoms with E-state index in [4.69, 9.17) is 4.98 Å². The van der Waals surface area contributed by atoms with Crippen LogP contribution in [0, 0.1) is 51.2 Å². The molecule has 1 aromatic rings. The van der Waals surface area contributed by atoms with Crippen LogP contribution in [0.1, 0.15) is 97.4 Å². The first-order valence-electron chi connectivity index (χ1n) is 14.6. The first-order valence-corrected chi connectivity index (χ1v) is 14.6. The second-order valence-electron chi connectivity index (χ2n) is 14.0. The van der Waals surface area contributed by atoms with Crippen LogP contribution in [-0.2, 0) is 12.8 Å². The van der Waals surface area contributed by atoms with E-state index in [1.54, 1.807) is 6.20 Å². The van der Waals surface area contributed by atoms with Gasteiger partial charge in [-0.15, -0.1) is 0 Å². The molecule has 1 heterocycles. The number of aliphatic hydroxyl groups is 1. The average molecular weight is 494 g/mol. The van der Waals surface area contributed by atoms with Crippen molar-refractivity contribution in [3.63, 3.8) is 0 Å². The molecule has 3 saturated carbocycles. The van der Waals surface area contributed by atoms with Gasteiger partial charge in [0.1, 0.15) is 0 Å². The van der Waals surface area contributed by atoms with E-state index in [0.29, 0.717) is 17.9 Å². The van der Waals surface area contributed by atoms with E-state index in [1.807, 2.05) is 6.20 Å². The molecule has 0 bridgehead atoms. The summed E-state index contributed by atoms with van der Waals surface area (Å²) in [6.07, 6.45) is 15.5. The van der Waals surface area contributed by atoms with E-state index in [1.165, 1.54) is 44.9 Å². The third kappa shape index (κ3) is 3.65. The first-order chi connectivity index (χ1) is 17.2. The monoisotopic (exact) mass is 493 g/mol. The Bertz CT molecular complexity index is 1020. The van der Waals surface area contributed by atoms with Gasteiger partial charge in [0.15, 0.2) is 0 Å². The molecule has 0 radical (unpaired) electrons. The number of aliphatic hydroxyl groups excluding tert-OH is 1. The zero-order valence-electron chi connectivity index (χ0n) is 23.2. The summed E-state index contributed by atoms with van der Waals surface area (Å²) in [5.74, 6) is 2.90. The largest absolute Gasteiger partial charge is 0.396 e. The Morgan fingerprint density at radius 3 is 2.56 bits per heavy atom. The molecule has 5 rings (SSSR count). The molecule has 6 heteroatoms. The molecule has 1 unspecified atom stereocenters. The summed E-state index contributed by atoms with van der Waals surface area (Å²) in [5, 5.41) is 14.9. The van der Waals surface area contributed by atoms with Gasteiger partial charge in [-0.25, -0.2) is 0 Å². The Balaban J connectivity index is 1.47. The van der Waals surface area contributed by atoms with Crippen LogP contribution in [0.5, 0.6) is 0 Å². The zero-order valence-corrected chi connectivity index (χ0v) is 23.2. The second-order valence-corrected chi connectivity index (χ2v) is 14.0. The van der Waals surface area contributed by atoms with E-state index in [-0.39, 0.29) is 28.8 Å². The molecule has 0 aliphatic heterocycles. The van der Waals surface area contributed by atoms with Gasteiger partial charge in [-0.3, -0.25) is 9.97 Å². The van der Waals surface area contributed by atoms with Crippen LogP contribution in [-0.4, -0.2) is 28.2 Å². The minimum Gasteiger partial charge on any atom is -0.396 e. The van der Waals surface area contributed by atoms with Gasteiger partial charge in [0.05, 0.1) is 11.4 Å². The summed E-state index contributed by atoms with van der Waals surface area (Å²) in [6, 6.07) is 0. The van der Waals surface area contributed by atoms with Crippen molar-refractivity contribution in [3.8, 4) is 0 Å².